The van der Waals surface area contributed by atoms with E-state index in [9.17, 15) is 4.79 Å². The molecule has 0 atom stereocenters. The maximum absolute atomic E-state index is 10.9. The van der Waals surface area contributed by atoms with Gasteiger partial charge in [-0.2, -0.15) is 0 Å². The van der Waals surface area contributed by atoms with Gasteiger partial charge in [-0.25, -0.2) is 15.0 Å². The summed E-state index contributed by atoms with van der Waals surface area (Å²) in [5, 5.41) is 13.3. The molecule has 1 aliphatic heterocycles. The molecule has 1 saturated heterocycles. The van der Waals surface area contributed by atoms with E-state index >= 15 is 0 Å². The van der Waals surface area contributed by atoms with Gasteiger partial charge in [-0.05, 0) is 54.0 Å². The summed E-state index contributed by atoms with van der Waals surface area (Å²) in [4.78, 5) is 28.0. The van der Waals surface area contributed by atoms with Crippen molar-refractivity contribution in [2.75, 3.05) is 23.3 Å². The number of pyridine rings is 2. The fourth-order valence-corrected chi connectivity index (χ4v) is 4.78. The summed E-state index contributed by atoms with van der Waals surface area (Å²) >= 11 is 1.62. The molecule has 2 N–H and O–H groups in total. The second-order valence-electron chi connectivity index (χ2n) is 9.25. The number of nitrogens with one attached hydrogen (secondary N) is 1. The molecule has 0 amide bonds. The third-order valence-corrected chi connectivity index (χ3v) is 6.81. The van der Waals surface area contributed by atoms with Gasteiger partial charge < -0.3 is 15.3 Å². The third-order valence-electron chi connectivity index (χ3n) is 5.73. The largest absolute Gasteiger partial charge is 0.481 e. The summed E-state index contributed by atoms with van der Waals surface area (Å²) in [5.41, 5.74) is 2.13. The molecule has 0 bridgehead atoms. The molecule has 0 radical (unpaired) electrons. The number of hydrogen-bond donors (Lipinski definition) is 2. The van der Waals surface area contributed by atoms with Gasteiger partial charge in [0.1, 0.15) is 11.6 Å². The van der Waals surface area contributed by atoms with Crippen LogP contribution in [-0.2, 0) is 10.2 Å². The van der Waals surface area contributed by atoms with Crippen molar-refractivity contribution < 1.29 is 9.90 Å². The number of carbonyl (C=O) groups is 1. The highest BCUT2D eigenvalue weighted by molar-refractivity contribution is 7.18. The summed E-state index contributed by atoms with van der Waals surface area (Å²) < 4.78 is 0. The van der Waals surface area contributed by atoms with Gasteiger partial charge in [-0.3, -0.25) is 4.79 Å². The van der Waals surface area contributed by atoms with Crippen LogP contribution in [0.5, 0.6) is 0 Å². The lowest BCUT2D eigenvalue weighted by Gasteiger charge is -2.30. The number of piperidine rings is 1. The van der Waals surface area contributed by atoms with Crippen LogP contribution < -0.4 is 10.2 Å². The zero-order valence-corrected chi connectivity index (χ0v) is 19.5. The first-order valence-electron chi connectivity index (χ1n) is 10.9. The molecule has 1 fully saturated rings. The van der Waals surface area contributed by atoms with Crippen LogP contribution in [0.4, 0.5) is 16.8 Å². The van der Waals surface area contributed by atoms with Crippen molar-refractivity contribution in [2.45, 2.75) is 45.4 Å². The number of thiazole rings is 1. The van der Waals surface area contributed by atoms with Crippen LogP contribution in [0, 0.1) is 5.92 Å². The maximum Gasteiger partial charge on any atom is 0.303 e. The van der Waals surface area contributed by atoms with E-state index in [-0.39, 0.29) is 17.8 Å². The van der Waals surface area contributed by atoms with Crippen LogP contribution in [0.25, 0.3) is 10.6 Å². The molecule has 4 rings (SSSR count). The topological polar surface area (TPSA) is 91.2 Å². The molecule has 32 heavy (non-hydrogen) atoms. The number of carboxylic acids is 1. The molecule has 0 unspecified atom stereocenters. The van der Waals surface area contributed by atoms with Gasteiger partial charge in [-0.15, -0.1) is 0 Å². The lowest BCUT2D eigenvalue weighted by Crippen LogP contribution is -2.34. The Morgan fingerprint density at radius 3 is 2.69 bits per heavy atom. The number of aromatic nitrogens is 3. The Kier molecular flexibility index (Phi) is 6.41. The van der Waals surface area contributed by atoms with E-state index in [1.54, 1.807) is 11.3 Å². The van der Waals surface area contributed by atoms with E-state index in [0.29, 0.717) is 0 Å². The van der Waals surface area contributed by atoms with E-state index < -0.39 is 5.97 Å². The smallest absolute Gasteiger partial charge is 0.303 e. The Bertz CT molecular complexity index is 1080. The first-order chi connectivity index (χ1) is 15.3. The van der Waals surface area contributed by atoms with Gasteiger partial charge in [0, 0.05) is 31.9 Å². The second kappa shape index (κ2) is 9.24. The van der Waals surface area contributed by atoms with Crippen molar-refractivity contribution >= 4 is 34.1 Å². The van der Waals surface area contributed by atoms with Crippen LogP contribution in [0.3, 0.4) is 0 Å². The van der Waals surface area contributed by atoms with Crippen LogP contribution in [-0.4, -0.2) is 39.1 Å². The van der Waals surface area contributed by atoms with E-state index in [0.717, 1.165) is 53.3 Å². The SMILES string of the molecule is CC(C)(C)c1ccnc(Nc2cccc(-c3cnc(N4CCC(CC(=O)O)CC4)s3)n2)c1. The van der Waals surface area contributed by atoms with Crippen molar-refractivity contribution in [1.82, 2.24) is 15.0 Å². The normalized spacial score (nSPS) is 15.0. The molecule has 0 spiro atoms. The minimum atomic E-state index is -0.708. The van der Waals surface area contributed by atoms with Gasteiger partial charge in [0.2, 0.25) is 0 Å². The molecule has 0 aliphatic carbocycles. The lowest BCUT2D eigenvalue weighted by molar-refractivity contribution is -0.138. The molecule has 4 heterocycles. The molecule has 1 aliphatic rings. The molecular weight excluding hydrogens is 422 g/mol. The Morgan fingerprint density at radius 1 is 1.19 bits per heavy atom. The highest BCUT2D eigenvalue weighted by Gasteiger charge is 2.23. The van der Waals surface area contributed by atoms with Crippen molar-refractivity contribution in [1.29, 1.82) is 0 Å². The highest BCUT2D eigenvalue weighted by Crippen LogP contribution is 2.33. The number of nitrogens with zero attached hydrogens (tertiary/aromatic N) is 4. The quantitative estimate of drug-likeness (QED) is 0.523. The van der Waals surface area contributed by atoms with Crippen LogP contribution in [0.1, 0.15) is 45.6 Å². The third kappa shape index (κ3) is 5.43. The molecule has 3 aromatic rings. The highest BCUT2D eigenvalue weighted by atomic mass is 32.1. The van der Waals surface area contributed by atoms with Gasteiger partial charge in [0.25, 0.3) is 0 Å². The van der Waals surface area contributed by atoms with Gasteiger partial charge >= 0.3 is 5.97 Å². The van der Waals surface area contributed by atoms with Crippen molar-refractivity contribution in [3.8, 4) is 10.6 Å². The predicted octanol–water partition coefficient (Wildman–Crippen LogP) is 5.33. The number of carboxylic acid groups (broad SMARTS) is 1. The Balaban J connectivity index is 1.45. The average molecular weight is 452 g/mol. The maximum atomic E-state index is 10.9. The molecule has 168 valence electrons. The second-order valence-corrected chi connectivity index (χ2v) is 10.3. The van der Waals surface area contributed by atoms with E-state index in [1.807, 2.05) is 36.7 Å². The first-order valence-corrected chi connectivity index (χ1v) is 11.7. The Morgan fingerprint density at radius 2 is 1.97 bits per heavy atom. The summed E-state index contributed by atoms with van der Waals surface area (Å²) in [6, 6.07) is 10.0. The monoisotopic (exact) mass is 451 g/mol. The van der Waals surface area contributed by atoms with Crippen LogP contribution in [0.15, 0.2) is 42.7 Å². The van der Waals surface area contributed by atoms with Crippen molar-refractivity contribution in [2.24, 2.45) is 5.92 Å². The molecule has 3 aromatic heterocycles. The number of rotatable bonds is 6. The molecular formula is C24H29N5O2S. The zero-order chi connectivity index (χ0) is 22.7. The first kappa shape index (κ1) is 22.2. The summed E-state index contributed by atoms with van der Waals surface area (Å²) in [6.07, 6.45) is 5.73. The molecule has 8 heteroatoms. The summed E-state index contributed by atoms with van der Waals surface area (Å²) in [7, 11) is 0. The minimum absolute atomic E-state index is 0.0514. The molecule has 7 nitrogen and oxygen atoms in total. The average Bonchev–Trinajstić information content (AvgIpc) is 3.24. The zero-order valence-electron chi connectivity index (χ0n) is 18.7. The number of hydrogen-bond acceptors (Lipinski definition) is 7. The molecule has 0 aromatic carbocycles. The fraction of sp³-hybridized carbons (Fsp3) is 0.417. The van der Waals surface area contributed by atoms with Crippen molar-refractivity contribution in [3.63, 3.8) is 0 Å². The van der Waals surface area contributed by atoms with E-state index in [1.165, 1.54) is 5.56 Å². The van der Waals surface area contributed by atoms with E-state index in [2.05, 4.69) is 47.0 Å². The summed E-state index contributed by atoms with van der Waals surface area (Å²) in [5.74, 6) is 1.07. The fourth-order valence-electron chi connectivity index (χ4n) is 3.84. The number of aliphatic carboxylic acids is 1. The standard InChI is InChI=1S/C24H29N5O2S/c1-24(2,3)17-7-10-25-21(14-17)28-20-6-4-5-18(27-20)19-15-26-23(32-19)29-11-8-16(9-12-29)13-22(30)31/h4-7,10,14-16H,8-9,11-13H2,1-3H3,(H,30,31)(H,25,27,28). The van der Waals surface area contributed by atoms with Crippen LogP contribution in [0.2, 0.25) is 0 Å². The summed E-state index contributed by atoms with van der Waals surface area (Å²) in [6.45, 7) is 8.23. The molecule has 0 saturated carbocycles. The Labute approximate surface area is 192 Å². The predicted molar refractivity (Wildman–Crippen MR) is 129 cm³/mol. The number of anilines is 3. The minimum Gasteiger partial charge on any atom is -0.481 e. The van der Waals surface area contributed by atoms with E-state index in [4.69, 9.17) is 10.1 Å². The van der Waals surface area contributed by atoms with Crippen molar-refractivity contribution in [3.05, 3.63) is 48.3 Å². The van der Waals surface area contributed by atoms with Crippen LogP contribution >= 0.6 is 11.3 Å². The van der Waals surface area contributed by atoms with Gasteiger partial charge in [-0.1, -0.05) is 38.2 Å². The van der Waals surface area contributed by atoms with Gasteiger partial charge in [0.15, 0.2) is 5.13 Å². The lowest BCUT2D eigenvalue weighted by atomic mass is 9.88. The van der Waals surface area contributed by atoms with Gasteiger partial charge in [0.05, 0.1) is 10.6 Å². The Hall–Kier alpha value is -3.00.